The molecule has 6 nitrogen and oxygen atoms in total. The van der Waals surface area contributed by atoms with Crippen molar-refractivity contribution in [1.29, 1.82) is 0 Å². The molecule has 1 atom stereocenters. The Kier molecular flexibility index (Phi) is 6.35. The largest absolute Gasteiger partial charge is 0.507 e. The number of ether oxygens (including phenoxy) is 2. The predicted octanol–water partition coefficient (Wildman–Crippen LogP) is 5.60. The van der Waals surface area contributed by atoms with Crippen molar-refractivity contribution in [2.24, 2.45) is 0 Å². The first-order chi connectivity index (χ1) is 16.3. The molecule has 34 heavy (non-hydrogen) atoms. The number of nitrogens with zero attached hydrogens (tertiary/aromatic N) is 1. The van der Waals surface area contributed by atoms with E-state index in [0.29, 0.717) is 27.8 Å². The molecule has 1 aliphatic heterocycles. The molecule has 174 valence electrons. The Bertz CT molecular complexity index is 1310. The third-order valence-corrected chi connectivity index (χ3v) is 6.30. The van der Waals surface area contributed by atoms with E-state index in [1.165, 1.54) is 18.1 Å². The maximum absolute atomic E-state index is 13.3. The van der Waals surface area contributed by atoms with Crippen molar-refractivity contribution < 1.29 is 24.2 Å². The average molecular weight is 478 g/mol. The van der Waals surface area contributed by atoms with Crippen LogP contribution in [-0.2, 0) is 9.59 Å². The Morgan fingerprint density at radius 1 is 0.912 bits per heavy atom. The smallest absolute Gasteiger partial charge is 0.300 e. The molecule has 1 aliphatic rings. The number of benzene rings is 3. The number of aryl methyl sites for hydroxylation is 2. The molecule has 3 aromatic rings. The second-order valence-corrected chi connectivity index (χ2v) is 8.49. The molecule has 1 fully saturated rings. The van der Waals surface area contributed by atoms with E-state index in [2.05, 4.69) is 0 Å². The van der Waals surface area contributed by atoms with E-state index in [1.807, 2.05) is 26.0 Å². The topological polar surface area (TPSA) is 76.1 Å². The number of carbonyl (C=O) groups excluding carboxylic acids is 2. The molecular formula is C27H24ClNO5. The summed E-state index contributed by atoms with van der Waals surface area (Å²) >= 11 is 6.17. The monoisotopic (exact) mass is 477 g/mol. The lowest BCUT2D eigenvalue weighted by Crippen LogP contribution is -2.29. The van der Waals surface area contributed by atoms with Crippen molar-refractivity contribution in [2.45, 2.75) is 19.9 Å². The van der Waals surface area contributed by atoms with Crippen LogP contribution in [0, 0.1) is 13.8 Å². The van der Waals surface area contributed by atoms with Gasteiger partial charge in [0.1, 0.15) is 17.3 Å². The fourth-order valence-electron chi connectivity index (χ4n) is 4.09. The number of hydrogen-bond donors (Lipinski definition) is 1. The summed E-state index contributed by atoms with van der Waals surface area (Å²) in [6.07, 6.45) is 0. The summed E-state index contributed by atoms with van der Waals surface area (Å²) in [5.41, 5.74) is 3.42. The molecule has 1 saturated heterocycles. The Labute approximate surface area is 203 Å². The molecule has 7 heteroatoms. The zero-order valence-electron chi connectivity index (χ0n) is 19.3. The second-order valence-electron chi connectivity index (χ2n) is 8.06. The lowest BCUT2D eigenvalue weighted by atomic mass is 9.94. The predicted molar refractivity (Wildman–Crippen MR) is 132 cm³/mol. The first-order valence-corrected chi connectivity index (χ1v) is 11.0. The van der Waals surface area contributed by atoms with Crippen molar-refractivity contribution in [3.8, 4) is 11.5 Å². The number of methoxy groups -OCH3 is 2. The van der Waals surface area contributed by atoms with Crippen LogP contribution < -0.4 is 14.4 Å². The summed E-state index contributed by atoms with van der Waals surface area (Å²) in [7, 11) is 3.01. The van der Waals surface area contributed by atoms with Gasteiger partial charge < -0.3 is 14.6 Å². The van der Waals surface area contributed by atoms with Gasteiger partial charge in [0.2, 0.25) is 0 Å². The van der Waals surface area contributed by atoms with E-state index in [0.717, 1.165) is 11.1 Å². The van der Waals surface area contributed by atoms with Crippen molar-refractivity contribution >= 4 is 34.7 Å². The molecule has 1 heterocycles. The number of Topliss-reactive ketones (excluding diaryl/α,β-unsaturated/α-hetero) is 1. The summed E-state index contributed by atoms with van der Waals surface area (Å²) in [6, 6.07) is 16.4. The van der Waals surface area contributed by atoms with Crippen LogP contribution in [0.3, 0.4) is 0 Å². The number of amides is 1. The summed E-state index contributed by atoms with van der Waals surface area (Å²) in [4.78, 5) is 28.1. The van der Waals surface area contributed by atoms with Gasteiger partial charge in [0.15, 0.2) is 0 Å². The van der Waals surface area contributed by atoms with Gasteiger partial charge in [0, 0.05) is 10.7 Å². The summed E-state index contributed by atoms with van der Waals surface area (Å²) in [5, 5.41) is 11.7. The van der Waals surface area contributed by atoms with Gasteiger partial charge in [-0.2, -0.15) is 0 Å². The van der Waals surface area contributed by atoms with Gasteiger partial charge in [-0.25, -0.2) is 0 Å². The molecule has 0 bridgehead atoms. The molecule has 4 rings (SSSR count). The highest BCUT2D eigenvalue weighted by Gasteiger charge is 2.47. The van der Waals surface area contributed by atoms with Crippen molar-refractivity contribution in [3.05, 3.63) is 93.5 Å². The molecule has 0 saturated carbocycles. The van der Waals surface area contributed by atoms with Gasteiger partial charge in [-0.15, -0.1) is 0 Å². The molecule has 0 spiro atoms. The summed E-state index contributed by atoms with van der Waals surface area (Å²) in [6.45, 7) is 3.91. The Morgan fingerprint density at radius 2 is 1.62 bits per heavy atom. The number of carbonyl (C=O) groups is 2. The number of aliphatic hydroxyl groups is 1. The third-order valence-electron chi connectivity index (χ3n) is 6.06. The van der Waals surface area contributed by atoms with Gasteiger partial charge in [0.25, 0.3) is 11.7 Å². The molecule has 0 aliphatic carbocycles. The van der Waals surface area contributed by atoms with E-state index in [4.69, 9.17) is 21.1 Å². The number of anilines is 1. The molecular weight excluding hydrogens is 454 g/mol. The lowest BCUT2D eigenvalue weighted by molar-refractivity contribution is -0.132. The average Bonchev–Trinajstić information content (AvgIpc) is 3.10. The quantitative estimate of drug-likeness (QED) is 0.294. The molecule has 0 aromatic heterocycles. The number of ketones is 1. The zero-order valence-corrected chi connectivity index (χ0v) is 20.0. The normalized spacial score (nSPS) is 17.2. The summed E-state index contributed by atoms with van der Waals surface area (Å²) < 4.78 is 10.6. The van der Waals surface area contributed by atoms with Crippen LogP contribution in [-0.4, -0.2) is 31.0 Å². The van der Waals surface area contributed by atoms with Crippen molar-refractivity contribution in [2.75, 3.05) is 19.1 Å². The van der Waals surface area contributed by atoms with E-state index in [1.54, 1.807) is 49.6 Å². The van der Waals surface area contributed by atoms with Crippen LogP contribution in [0.25, 0.3) is 5.76 Å². The van der Waals surface area contributed by atoms with Crippen LogP contribution in [0.1, 0.15) is 28.3 Å². The minimum atomic E-state index is -0.864. The molecule has 1 unspecified atom stereocenters. The second kappa shape index (κ2) is 9.23. The highest BCUT2D eigenvalue weighted by Crippen LogP contribution is 2.44. The van der Waals surface area contributed by atoms with Gasteiger partial charge in [-0.05, 0) is 73.0 Å². The van der Waals surface area contributed by atoms with Gasteiger partial charge >= 0.3 is 0 Å². The maximum Gasteiger partial charge on any atom is 0.300 e. The SMILES string of the molecule is COc1ccc(C2/C(=C(\O)c3cc(Cl)ccc3OC)C(=O)C(=O)N2c2ccc(C)c(C)c2)cc1. The Hall–Kier alpha value is -3.77. The fourth-order valence-corrected chi connectivity index (χ4v) is 4.26. The zero-order chi connectivity index (χ0) is 24.6. The van der Waals surface area contributed by atoms with Gasteiger partial charge in [-0.3, -0.25) is 14.5 Å². The highest BCUT2D eigenvalue weighted by atomic mass is 35.5. The van der Waals surface area contributed by atoms with Crippen LogP contribution in [0.4, 0.5) is 5.69 Å². The fraction of sp³-hybridized carbons (Fsp3) is 0.185. The first kappa shape index (κ1) is 23.4. The Balaban J connectivity index is 1.98. The van der Waals surface area contributed by atoms with Crippen LogP contribution in [0.5, 0.6) is 11.5 Å². The molecule has 1 N–H and O–H groups in total. The van der Waals surface area contributed by atoms with Crippen LogP contribution in [0.15, 0.2) is 66.2 Å². The third kappa shape index (κ3) is 4.01. The van der Waals surface area contributed by atoms with Gasteiger partial charge in [0.05, 0.1) is 31.4 Å². The van der Waals surface area contributed by atoms with E-state index < -0.39 is 17.7 Å². The molecule has 1 amide bonds. The molecule has 0 radical (unpaired) electrons. The first-order valence-electron chi connectivity index (χ1n) is 10.6. The van der Waals surface area contributed by atoms with E-state index in [9.17, 15) is 14.7 Å². The number of aliphatic hydroxyl groups excluding tert-OH is 1. The number of rotatable bonds is 5. The standard InChI is InChI=1S/C27H24ClNO5/c1-15-5-9-19(13-16(15)2)29-24(17-6-10-20(33-3)11-7-17)23(26(31)27(29)32)25(30)21-14-18(28)8-12-22(21)34-4/h5-14,24,30H,1-4H3/b25-23+. The highest BCUT2D eigenvalue weighted by molar-refractivity contribution is 6.51. The van der Waals surface area contributed by atoms with E-state index in [-0.39, 0.29) is 16.9 Å². The number of hydrogen-bond acceptors (Lipinski definition) is 5. The lowest BCUT2D eigenvalue weighted by Gasteiger charge is -2.26. The minimum absolute atomic E-state index is 0.0473. The number of halogens is 1. The van der Waals surface area contributed by atoms with Gasteiger partial charge in [-0.1, -0.05) is 29.8 Å². The molecule has 3 aromatic carbocycles. The van der Waals surface area contributed by atoms with E-state index >= 15 is 0 Å². The Morgan fingerprint density at radius 3 is 2.24 bits per heavy atom. The maximum atomic E-state index is 13.3. The van der Waals surface area contributed by atoms with Crippen LogP contribution in [0.2, 0.25) is 5.02 Å². The van der Waals surface area contributed by atoms with Crippen LogP contribution >= 0.6 is 11.6 Å². The minimum Gasteiger partial charge on any atom is -0.507 e. The van der Waals surface area contributed by atoms with Crippen molar-refractivity contribution in [1.82, 2.24) is 0 Å². The van der Waals surface area contributed by atoms with Crippen molar-refractivity contribution in [3.63, 3.8) is 0 Å². The summed E-state index contributed by atoms with van der Waals surface area (Å²) in [5.74, 6) is -0.925.